The minimum absolute atomic E-state index is 0.0227. The maximum Gasteiger partial charge on any atom is 0.358 e. The van der Waals surface area contributed by atoms with E-state index in [1.807, 2.05) is 88.5 Å². The third-order valence-electron chi connectivity index (χ3n) is 10.0. The molecule has 0 radical (unpaired) electrons. The van der Waals surface area contributed by atoms with Gasteiger partial charge in [0, 0.05) is 52.9 Å². The fourth-order valence-corrected chi connectivity index (χ4v) is 6.97. The topological polar surface area (TPSA) is 139 Å². The first-order valence-corrected chi connectivity index (χ1v) is 20.0. The van der Waals surface area contributed by atoms with Crippen LogP contribution in [0.25, 0.3) is 12.2 Å². The summed E-state index contributed by atoms with van der Waals surface area (Å²) in [5, 5.41) is 35.4. The van der Waals surface area contributed by atoms with E-state index >= 15 is 0 Å². The molecule has 0 spiro atoms. The molecule has 2 aromatic heterocycles. The number of ether oxygens (including phenoxy) is 2. The SMILES string of the molecule is C[C@H](O)C(C)(C)[C@@H]1C/C=C\C2=C[C@@H]2/C=C/C=C\c2nc(cs2)C(=O)O[C@H](C(C)(C)[C@@H](O)/C=C/CCO)C/C=C\C2=C[C@H]2/C=C/C=C\c2nc(cs2)C(=O)O1. The maximum absolute atomic E-state index is 13.4. The van der Waals surface area contributed by atoms with Crippen molar-refractivity contribution < 1.29 is 34.4 Å². The highest BCUT2D eigenvalue weighted by Gasteiger charge is 2.39. The molecule has 286 valence electrons. The second-order valence-electron chi connectivity index (χ2n) is 14.8. The minimum atomic E-state index is -0.919. The van der Waals surface area contributed by atoms with Crippen molar-refractivity contribution in [1.82, 2.24) is 9.97 Å². The monoisotopic (exact) mass is 770 g/mol. The second kappa shape index (κ2) is 18.4. The number of thiazole rings is 2. The third-order valence-corrected chi connectivity index (χ3v) is 11.6. The molecular formula is C43H50N2O7S2. The minimum Gasteiger partial charge on any atom is -0.457 e. The Morgan fingerprint density at radius 2 is 1.26 bits per heavy atom. The standard InChI is InChI=1S/C43H50N2O7S2/c1-28(47)42(2,3)36-19-12-16-31-24-29(31)14-6-9-22-39-45-34(27-54-39)41(50)52-37(43(4,5)35(48)18-10-11-23-46)20-13-17-32-25-30(32)15-7-8-21-38-44-33(26-53-38)40(49)51-36/h6-10,12-18,21-22,24-30,35-37,46-48H,11,19-20,23H2,1-5H3/b14-6+,15-7+,16-12-,17-13-,18-10+,21-8-,22-9-/t28-,29-,30+,35-,36-,37-/m0/s1. The molecule has 0 unspecified atom stereocenters. The molecule has 0 amide bonds. The summed E-state index contributed by atoms with van der Waals surface area (Å²) in [5.41, 5.74) is 1.15. The van der Waals surface area contributed by atoms with Crippen LogP contribution in [0.1, 0.15) is 84.9 Å². The molecule has 3 N–H and O–H groups in total. The van der Waals surface area contributed by atoms with Gasteiger partial charge < -0.3 is 24.8 Å². The molecule has 6 atom stereocenters. The van der Waals surface area contributed by atoms with Gasteiger partial charge >= 0.3 is 11.9 Å². The zero-order valence-electron chi connectivity index (χ0n) is 31.4. The molecule has 3 aliphatic rings. The lowest BCUT2D eigenvalue weighted by Crippen LogP contribution is -2.42. The van der Waals surface area contributed by atoms with E-state index in [1.165, 1.54) is 22.7 Å². The quantitative estimate of drug-likeness (QED) is 0.188. The van der Waals surface area contributed by atoms with Gasteiger partial charge in [-0.3, -0.25) is 0 Å². The van der Waals surface area contributed by atoms with Crippen LogP contribution >= 0.6 is 22.7 Å². The average molecular weight is 771 g/mol. The second-order valence-corrected chi connectivity index (χ2v) is 16.6. The fraction of sp³-hybridized carbons (Fsp3) is 0.395. The number of cyclic esters (lactones) is 2. The predicted octanol–water partition coefficient (Wildman–Crippen LogP) is 8.24. The number of carbonyl (C=O) groups is 2. The van der Waals surface area contributed by atoms with Gasteiger partial charge in [0.2, 0.25) is 0 Å². The van der Waals surface area contributed by atoms with Crippen molar-refractivity contribution >= 4 is 46.8 Å². The summed E-state index contributed by atoms with van der Waals surface area (Å²) in [5.74, 6) is -0.737. The van der Waals surface area contributed by atoms with Gasteiger partial charge in [-0.25, -0.2) is 19.6 Å². The first-order chi connectivity index (χ1) is 25.8. The van der Waals surface area contributed by atoms with E-state index in [1.54, 1.807) is 29.8 Å². The van der Waals surface area contributed by atoms with Gasteiger partial charge in [0.1, 0.15) is 22.2 Å². The molecule has 0 saturated carbocycles. The number of hydrogen-bond acceptors (Lipinski definition) is 11. The van der Waals surface area contributed by atoms with E-state index in [2.05, 4.69) is 34.3 Å². The average Bonchev–Trinajstić information content (AvgIpc) is 3.92. The lowest BCUT2D eigenvalue weighted by Gasteiger charge is -2.36. The molecular weight excluding hydrogens is 721 g/mol. The number of aliphatic hydroxyl groups excluding tert-OH is 3. The Bertz CT molecular complexity index is 1920. The number of carbonyl (C=O) groups excluding carboxylic acids is 2. The van der Waals surface area contributed by atoms with Gasteiger partial charge in [0.25, 0.3) is 0 Å². The van der Waals surface area contributed by atoms with Crippen LogP contribution in [0.5, 0.6) is 0 Å². The van der Waals surface area contributed by atoms with Crippen molar-refractivity contribution in [2.45, 2.75) is 78.3 Å². The molecule has 0 saturated heterocycles. The van der Waals surface area contributed by atoms with E-state index in [9.17, 15) is 24.9 Å². The lowest BCUT2D eigenvalue weighted by molar-refractivity contribution is -0.0545. The zero-order chi connectivity index (χ0) is 38.9. The van der Waals surface area contributed by atoms with Crippen LogP contribution < -0.4 is 0 Å². The smallest absolute Gasteiger partial charge is 0.358 e. The van der Waals surface area contributed by atoms with Crippen LogP contribution in [0.3, 0.4) is 0 Å². The Hall–Kier alpha value is -4.26. The Balaban J connectivity index is 1.34. The predicted molar refractivity (Wildman–Crippen MR) is 216 cm³/mol. The number of fused-ring (bicyclic) bond motifs is 6. The van der Waals surface area contributed by atoms with Crippen LogP contribution in [-0.2, 0) is 9.47 Å². The molecule has 3 heterocycles. The normalized spacial score (nSPS) is 27.4. The van der Waals surface area contributed by atoms with Gasteiger partial charge in [-0.1, -0.05) is 113 Å². The zero-order valence-corrected chi connectivity index (χ0v) is 33.0. The highest BCUT2D eigenvalue weighted by atomic mass is 32.1. The number of nitrogens with zero attached hydrogens (tertiary/aromatic N) is 2. The van der Waals surface area contributed by atoms with Crippen molar-refractivity contribution in [1.29, 1.82) is 0 Å². The van der Waals surface area contributed by atoms with E-state index in [0.29, 0.717) is 29.3 Å². The summed E-state index contributed by atoms with van der Waals surface area (Å²) in [6.45, 7) is 9.17. The van der Waals surface area contributed by atoms with Crippen molar-refractivity contribution in [3.8, 4) is 0 Å². The summed E-state index contributed by atoms with van der Waals surface area (Å²) >= 11 is 2.69. The van der Waals surface area contributed by atoms with Gasteiger partial charge in [0.05, 0.1) is 12.2 Å². The molecule has 9 nitrogen and oxygen atoms in total. The molecule has 1 aliphatic heterocycles. The van der Waals surface area contributed by atoms with Crippen molar-refractivity contribution in [3.63, 3.8) is 0 Å². The molecule has 4 bridgehead atoms. The van der Waals surface area contributed by atoms with Gasteiger partial charge in [-0.2, -0.15) is 0 Å². The first-order valence-electron chi connectivity index (χ1n) is 18.2. The number of aromatic nitrogens is 2. The van der Waals surface area contributed by atoms with Crippen molar-refractivity contribution in [2.75, 3.05) is 6.61 Å². The molecule has 2 aromatic rings. The number of esters is 2. The number of aliphatic hydroxyl groups is 3. The molecule has 0 fully saturated rings. The molecule has 11 heteroatoms. The van der Waals surface area contributed by atoms with Crippen molar-refractivity contribution in [2.24, 2.45) is 22.7 Å². The van der Waals surface area contributed by atoms with Crippen LogP contribution in [-0.4, -0.2) is 68.2 Å². The van der Waals surface area contributed by atoms with E-state index in [0.717, 1.165) is 11.1 Å². The molecule has 54 heavy (non-hydrogen) atoms. The summed E-state index contributed by atoms with van der Waals surface area (Å²) in [6, 6.07) is 0. The first kappa shape index (κ1) is 40.9. The number of hydrogen-bond donors (Lipinski definition) is 3. The van der Waals surface area contributed by atoms with Crippen LogP contribution in [0, 0.1) is 22.7 Å². The molecule has 0 aromatic carbocycles. The summed E-state index contributed by atoms with van der Waals surface area (Å²) in [6.07, 6.45) is 29.3. The highest BCUT2D eigenvalue weighted by molar-refractivity contribution is 7.11. The van der Waals surface area contributed by atoms with Crippen LogP contribution in [0.4, 0.5) is 0 Å². The van der Waals surface area contributed by atoms with E-state index in [4.69, 9.17) is 9.47 Å². The van der Waals surface area contributed by atoms with Crippen LogP contribution in [0.2, 0.25) is 0 Å². The van der Waals surface area contributed by atoms with Crippen molar-refractivity contribution in [3.05, 3.63) is 128 Å². The van der Waals surface area contributed by atoms with E-state index in [-0.39, 0.29) is 29.8 Å². The molecule has 5 rings (SSSR count). The van der Waals surface area contributed by atoms with Gasteiger partial charge in [0.15, 0.2) is 11.4 Å². The Kier molecular flexibility index (Phi) is 13.9. The Morgan fingerprint density at radius 1 is 0.778 bits per heavy atom. The summed E-state index contributed by atoms with van der Waals surface area (Å²) < 4.78 is 12.0. The number of rotatable bonds is 7. The summed E-state index contributed by atoms with van der Waals surface area (Å²) in [7, 11) is 0. The highest BCUT2D eigenvalue weighted by Crippen LogP contribution is 2.36. The fourth-order valence-electron chi connectivity index (χ4n) is 5.59. The third kappa shape index (κ3) is 11.1. The van der Waals surface area contributed by atoms with Gasteiger partial charge in [-0.15, -0.1) is 22.7 Å². The lowest BCUT2D eigenvalue weighted by atomic mass is 9.78. The van der Waals surface area contributed by atoms with Gasteiger partial charge in [-0.05, 0) is 36.6 Å². The molecule has 2 aliphatic carbocycles. The maximum atomic E-state index is 13.4. The van der Waals surface area contributed by atoms with Crippen LogP contribution in [0.15, 0.2) is 107 Å². The summed E-state index contributed by atoms with van der Waals surface area (Å²) in [4.78, 5) is 35.5. The number of allylic oxidation sites excluding steroid dienone is 12. The Labute approximate surface area is 325 Å². The largest absolute Gasteiger partial charge is 0.457 e. The van der Waals surface area contributed by atoms with E-state index < -0.39 is 47.2 Å². The Morgan fingerprint density at radius 3 is 1.72 bits per heavy atom.